The zero-order chi connectivity index (χ0) is 13.0. The smallest absolute Gasteiger partial charge is 0.338 e. The molecular formula is C10H9BrF2INO2. The van der Waals surface area contributed by atoms with Crippen LogP contribution < -0.4 is 0 Å². The molecule has 1 aromatic heterocycles. The molecule has 0 saturated carbocycles. The van der Waals surface area contributed by atoms with Gasteiger partial charge in [0.25, 0.3) is 6.43 Å². The van der Waals surface area contributed by atoms with E-state index in [1.54, 1.807) is 29.5 Å². The number of aromatic nitrogens is 1. The summed E-state index contributed by atoms with van der Waals surface area (Å²) in [5.41, 5.74) is -0.0610. The van der Waals surface area contributed by atoms with E-state index < -0.39 is 12.4 Å². The Morgan fingerprint density at radius 2 is 2.29 bits per heavy atom. The molecule has 3 nitrogen and oxygen atoms in total. The number of pyridine rings is 1. The molecule has 0 fully saturated rings. The number of carbonyl (C=O) groups excluding carboxylic acids is 1. The number of halogens is 4. The molecule has 1 aromatic rings. The van der Waals surface area contributed by atoms with Gasteiger partial charge in [-0.25, -0.2) is 18.6 Å². The van der Waals surface area contributed by atoms with Crippen LogP contribution in [0, 0.1) is 3.70 Å². The largest absolute Gasteiger partial charge is 0.462 e. The third-order valence-corrected chi connectivity index (χ3v) is 3.07. The maximum absolute atomic E-state index is 12.8. The van der Waals surface area contributed by atoms with Crippen molar-refractivity contribution < 1.29 is 18.3 Å². The molecule has 0 spiro atoms. The summed E-state index contributed by atoms with van der Waals surface area (Å²) in [6.45, 7) is 1.86. The second-order valence-electron chi connectivity index (χ2n) is 3.01. The van der Waals surface area contributed by atoms with Crippen LogP contribution in [0.4, 0.5) is 8.78 Å². The molecule has 0 atom stereocenters. The minimum absolute atomic E-state index is 0.130. The summed E-state index contributed by atoms with van der Waals surface area (Å²) in [6.07, 6.45) is -2.72. The number of hydrogen-bond donors (Lipinski definition) is 0. The number of nitrogens with zero attached hydrogens (tertiary/aromatic N) is 1. The Hall–Kier alpha value is -0.310. The summed E-state index contributed by atoms with van der Waals surface area (Å²) in [5.74, 6) is -0.607. The third-order valence-electron chi connectivity index (χ3n) is 1.96. The summed E-state index contributed by atoms with van der Waals surface area (Å²) in [7, 11) is 0. The van der Waals surface area contributed by atoms with E-state index in [1.807, 2.05) is 0 Å². The fourth-order valence-corrected chi connectivity index (χ4v) is 2.43. The lowest BCUT2D eigenvalue weighted by molar-refractivity contribution is 0.0524. The lowest BCUT2D eigenvalue weighted by Crippen LogP contribution is -2.12. The Balaban J connectivity index is 3.32. The summed E-state index contributed by atoms with van der Waals surface area (Å²) in [5, 5.41) is 0.130. The molecule has 1 rings (SSSR count). The maximum Gasteiger partial charge on any atom is 0.338 e. The first-order chi connectivity index (χ1) is 8.01. The minimum atomic E-state index is -2.72. The normalized spacial score (nSPS) is 10.7. The molecule has 0 aliphatic heterocycles. The molecule has 7 heteroatoms. The Labute approximate surface area is 119 Å². The fourth-order valence-electron chi connectivity index (χ4n) is 1.27. The molecule has 0 unspecified atom stereocenters. The highest BCUT2D eigenvalue weighted by Gasteiger charge is 2.22. The van der Waals surface area contributed by atoms with Crippen molar-refractivity contribution in [3.63, 3.8) is 0 Å². The molecule has 17 heavy (non-hydrogen) atoms. The molecule has 0 N–H and O–H groups in total. The second-order valence-corrected chi connectivity index (χ2v) is 4.68. The van der Waals surface area contributed by atoms with Gasteiger partial charge in [0, 0.05) is 10.9 Å². The average Bonchev–Trinajstić information content (AvgIpc) is 2.28. The standard InChI is InChI=1S/C10H9BrF2INO2/c1-2-17-10(16)5-3-7(14)15-8(9(12)13)6(5)4-11/h3,9H,2,4H2,1H3. The zero-order valence-corrected chi connectivity index (χ0v) is 12.6. The summed E-state index contributed by atoms with van der Waals surface area (Å²) < 4.78 is 30.7. The van der Waals surface area contributed by atoms with Crippen LogP contribution in [-0.4, -0.2) is 17.6 Å². The highest BCUT2D eigenvalue weighted by atomic mass is 127. The second kappa shape index (κ2) is 6.58. The summed E-state index contributed by atoms with van der Waals surface area (Å²) in [6, 6.07) is 1.45. The Morgan fingerprint density at radius 1 is 1.65 bits per heavy atom. The number of hydrogen-bond acceptors (Lipinski definition) is 3. The molecule has 0 aliphatic carbocycles. The van der Waals surface area contributed by atoms with Gasteiger partial charge in [-0.15, -0.1) is 0 Å². The van der Waals surface area contributed by atoms with E-state index in [4.69, 9.17) is 4.74 Å². The number of esters is 1. The van der Waals surface area contributed by atoms with Crippen LogP contribution in [0.2, 0.25) is 0 Å². The first-order valence-electron chi connectivity index (χ1n) is 4.71. The molecule has 0 radical (unpaired) electrons. The van der Waals surface area contributed by atoms with Crippen LogP contribution in [0.25, 0.3) is 0 Å². The van der Waals surface area contributed by atoms with Crippen molar-refractivity contribution >= 4 is 44.5 Å². The highest BCUT2D eigenvalue weighted by molar-refractivity contribution is 14.1. The van der Waals surface area contributed by atoms with E-state index in [-0.39, 0.29) is 28.8 Å². The predicted molar refractivity (Wildman–Crippen MR) is 70.5 cm³/mol. The number of rotatable bonds is 4. The Bertz CT molecular complexity index is 429. The van der Waals surface area contributed by atoms with Crippen LogP contribution in [0.1, 0.15) is 35.0 Å². The van der Waals surface area contributed by atoms with Crippen LogP contribution in [0.5, 0.6) is 0 Å². The fraction of sp³-hybridized carbons (Fsp3) is 0.400. The molecule has 94 valence electrons. The van der Waals surface area contributed by atoms with Gasteiger partial charge in [0.15, 0.2) is 0 Å². The minimum Gasteiger partial charge on any atom is -0.462 e. The number of carbonyl (C=O) groups is 1. The van der Waals surface area contributed by atoms with Crippen molar-refractivity contribution in [2.75, 3.05) is 6.61 Å². The van der Waals surface area contributed by atoms with Gasteiger partial charge in [-0.1, -0.05) is 15.9 Å². The van der Waals surface area contributed by atoms with Crippen molar-refractivity contribution in [3.8, 4) is 0 Å². The zero-order valence-electron chi connectivity index (χ0n) is 8.84. The van der Waals surface area contributed by atoms with Crippen LogP contribution in [0.15, 0.2) is 6.07 Å². The Morgan fingerprint density at radius 3 is 2.76 bits per heavy atom. The van der Waals surface area contributed by atoms with Crippen LogP contribution in [0.3, 0.4) is 0 Å². The van der Waals surface area contributed by atoms with Gasteiger partial charge >= 0.3 is 5.97 Å². The highest BCUT2D eigenvalue weighted by Crippen LogP contribution is 2.27. The molecule has 1 heterocycles. The van der Waals surface area contributed by atoms with Crippen molar-refractivity contribution in [2.45, 2.75) is 18.7 Å². The van der Waals surface area contributed by atoms with E-state index in [9.17, 15) is 13.6 Å². The summed E-state index contributed by atoms with van der Waals surface area (Å²) in [4.78, 5) is 15.4. The molecule has 0 saturated heterocycles. The van der Waals surface area contributed by atoms with Crippen LogP contribution >= 0.6 is 38.5 Å². The van der Waals surface area contributed by atoms with E-state index in [0.29, 0.717) is 3.70 Å². The quantitative estimate of drug-likeness (QED) is 0.323. The SMILES string of the molecule is CCOC(=O)c1cc(I)nc(C(F)F)c1CBr. The van der Waals surface area contributed by atoms with E-state index >= 15 is 0 Å². The van der Waals surface area contributed by atoms with Crippen molar-refractivity contribution in [2.24, 2.45) is 0 Å². The molecule has 0 bridgehead atoms. The topological polar surface area (TPSA) is 39.2 Å². The third kappa shape index (κ3) is 3.57. The van der Waals surface area contributed by atoms with E-state index in [2.05, 4.69) is 20.9 Å². The molecule has 0 aromatic carbocycles. The number of alkyl halides is 3. The van der Waals surface area contributed by atoms with Gasteiger partial charge in [0.2, 0.25) is 0 Å². The average molecular weight is 420 g/mol. The molecule has 0 aliphatic rings. The van der Waals surface area contributed by atoms with Gasteiger partial charge in [-0.3, -0.25) is 0 Å². The summed E-state index contributed by atoms with van der Waals surface area (Å²) >= 11 is 4.88. The Kier molecular flexibility index (Phi) is 5.71. The van der Waals surface area contributed by atoms with Crippen molar-refractivity contribution in [3.05, 3.63) is 26.6 Å². The maximum atomic E-state index is 12.8. The first kappa shape index (κ1) is 14.7. The molecule has 0 amide bonds. The van der Waals surface area contributed by atoms with Gasteiger partial charge in [-0.05, 0) is 35.6 Å². The van der Waals surface area contributed by atoms with Crippen molar-refractivity contribution in [1.82, 2.24) is 4.98 Å². The number of ether oxygens (including phenoxy) is 1. The van der Waals surface area contributed by atoms with Gasteiger partial charge in [0.1, 0.15) is 9.39 Å². The molecular weight excluding hydrogens is 411 g/mol. The van der Waals surface area contributed by atoms with E-state index in [0.717, 1.165) is 0 Å². The van der Waals surface area contributed by atoms with E-state index in [1.165, 1.54) is 6.07 Å². The van der Waals surface area contributed by atoms with Gasteiger partial charge in [-0.2, -0.15) is 0 Å². The van der Waals surface area contributed by atoms with Crippen molar-refractivity contribution in [1.29, 1.82) is 0 Å². The first-order valence-corrected chi connectivity index (χ1v) is 6.91. The van der Waals surface area contributed by atoms with Crippen LogP contribution in [-0.2, 0) is 10.1 Å². The lowest BCUT2D eigenvalue weighted by Gasteiger charge is -2.11. The monoisotopic (exact) mass is 419 g/mol. The van der Waals surface area contributed by atoms with Gasteiger partial charge < -0.3 is 4.74 Å². The van der Waals surface area contributed by atoms with Gasteiger partial charge in [0.05, 0.1) is 12.2 Å². The lowest BCUT2D eigenvalue weighted by atomic mass is 10.1. The predicted octanol–water partition coefficient (Wildman–Crippen LogP) is 3.70.